The van der Waals surface area contributed by atoms with E-state index in [1.807, 2.05) is 24.3 Å². The van der Waals surface area contributed by atoms with E-state index in [0.717, 1.165) is 49.3 Å². The number of likely N-dealkylation sites (tertiary alicyclic amines) is 1. The minimum atomic E-state index is -4.89. The summed E-state index contributed by atoms with van der Waals surface area (Å²) in [5.41, 5.74) is 0.518. The molecule has 4 aliphatic heterocycles. The molecule has 0 aromatic heterocycles. The standard InChI is InChI=1S/C34H42ClF3N6O5/c35-27-20-22(19-26(30(27)45)34(36,37)38)21-29(31(46)42-17-15-41(16-18-42)24-5-10-39-11-6-24)49-33(48)43-12-8-25(9-13-43)44-14-7-23-3-1-2-4-28(23)40-32(44)47/h1-4,19-20,24-25,29,39,45H,5-18,21H2,(H,40,47)/t29-/m1/s1. The van der Waals surface area contributed by atoms with Gasteiger partial charge in [-0.05, 0) is 74.5 Å². The Morgan fingerprint density at radius 3 is 2.33 bits per heavy atom. The van der Waals surface area contributed by atoms with E-state index < -0.39 is 40.6 Å². The number of carbonyl (C=O) groups is 3. The molecule has 0 bridgehead atoms. The number of phenols is 1. The predicted molar refractivity (Wildman–Crippen MR) is 177 cm³/mol. The molecule has 2 aromatic carbocycles. The first kappa shape index (κ1) is 35.1. The third-order valence-electron chi connectivity index (χ3n) is 10.1. The van der Waals surface area contributed by atoms with Crippen LogP contribution in [0.2, 0.25) is 5.02 Å². The van der Waals surface area contributed by atoms with Gasteiger partial charge >= 0.3 is 18.3 Å². The predicted octanol–water partition coefficient (Wildman–Crippen LogP) is 4.56. The summed E-state index contributed by atoms with van der Waals surface area (Å²) >= 11 is 5.97. The number of hydrogen-bond acceptors (Lipinski definition) is 7. The smallest absolute Gasteiger partial charge is 0.420 e. The van der Waals surface area contributed by atoms with Gasteiger partial charge in [-0.2, -0.15) is 13.2 Å². The summed E-state index contributed by atoms with van der Waals surface area (Å²) in [5, 5.41) is 15.8. The van der Waals surface area contributed by atoms with Crippen LogP contribution in [0.25, 0.3) is 0 Å². The lowest BCUT2D eigenvalue weighted by Gasteiger charge is -2.41. The van der Waals surface area contributed by atoms with Crippen molar-refractivity contribution in [2.45, 2.75) is 62.9 Å². The molecule has 4 aliphatic rings. The Labute approximate surface area is 288 Å². The number of fused-ring (bicyclic) bond motifs is 1. The molecule has 3 saturated heterocycles. The van der Waals surface area contributed by atoms with Gasteiger partial charge in [0.2, 0.25) is 0 Å². The van der Waals surface area contributed by atoms with Crippen molar-refractivity contribution in [2.75, 3.05) is 64.2 Å². The second-order valence-corrected chi connectivity index (χ2v) is 13.5. The van der Waals surface area contributed by atoms with Gasteiger partial charge in [-0.15, -0.1) is 0 Å². The van der Waals surface area contributed by atoms with Crippen LogP contribution >= 0.6 is 11.6 Å². The molecule has 0 radical (unpaired) electrons. The molecule has 3 N–H and O–H groups in total. The maximum Gasteiger partial charge on any atom is 0.420 e. The third-order valence-corrected chi connectivity index (χ3v) is 10.4. The molecule has 2 aromatic rings. The Kier molecular flexibility index (Phi) is 10.8. The van der Waals surface area contributed by atoms with Crippen LogP contribution in [0.3, 0.4) is 0 Å². The lowest BCUT2D eigenvalue weighted by atomic mass is 10.0. The van der Waals surface area contributed by atoms with Crippen LogP contribution in [0, 0.1) is 0 Å². The molecule has 49 heavy (non-hydrogen) atoms. The first-order valence-corrected chi connectivity index (χ1v) is 17.3. The van der Waals surface area contributed by atoms with Crippen LogP contribution in [-0.2, 0) is 28.5 Å². The third kappa shape index (κ3) is 8.18. The summed E-state index contributed by atoms with van der Waals surface area (Å²) in [6, 6.07) is 9.69. The van der Waals surface area contributed by atoms with Gasteiger partial charge < -0.3 is 35.2 Å². The van der Waals surface area contributed by atoms with E-state index in [4.69, 9.17) is 16.3 Å². The second kappa shape index (κ2) is 15.0. The highest BCUT2D eigenvalue weighted by Crippen LogP contribution is 2.40. The number of phenolic OH excluding ortho intramolecular Hbond substituents is 1. The van der Waals surface area contributed by atoms with Crippen molar-refractivity contribution in [3.63, 3.8) is 0 Å². The number of ether oxygens (including phenoxy) is 1. The number of aromatic hydroxyl groups is 1. The van der Waals surface area contributed by atoms with Gasteiger partial charge in [0.25, 0.3) is 5.91 Å². The fourth-order valence-corrected chi connectivity index (χ4v) is 7.60. The minimum Gasteiger partial charge on any atom is -0.506 e. The molecule has 266 valence electrons. The number of hydrogen-bond donors (Lipinski definition) is 3. The lowest BCUT2D eigenvalue weighted by molar-refractivity contribution is -0.143. The Balaban J connectivity index is 1.12. The molecule has 6 rings (SSSR count). The fraction of sp³-hybridized carbons (Fsp3) is 0.559. The number of piperazine rings is 1. The summed E-state index contributed by atoms with van der Waals surface area (Å²) in [6.07, 6.45) is -3.67. The van der Waals surface area contributed by atoms with E-state index in [1.165, 1.54) is 4.90 Å². The van der Waals surface area contributed by atoms with E-state index in [2.05, 4.69) is 15.5 Å². The molecular formula is C34H42ClF3N6O5. The van der Waals surface area contributed by atoms with E-state index in [1.54, 1.807) is 9.80 Å². The van der Waals surface area contributed by atoms with Crippen LogP contribution < -0.4 is 10.6 Å². The van der Waals surface area contributed by atoms with Crippen LogP contribution in [0.5, 0.6) is 5.75 Å². The molecule has 15 heteroatoms. The number of halogens is 4. The number of carbonyl (C=O) groups excluding carboxylic acids is 3. The van der Waals surface area contributed by atoms with Gasteiger partial charge in [0.15, 0.2) is 6.10 Å². The van der Waals surface area contributed by atoms with E-state index in [-0.39, 0.29) is 37.1 Å². The molecule has 1 atom stereocenters. The fourth-order valence-electron chi connectivity index (χ4n) is 7.36. The topological polar surface area (TPSA) is 118 Å². The number of alkyl halides is 3. The maximum atomic E-state index is 13.9. The zero-order valence-electron chi connectivity index (χ0n) is 27.2. The summed E-state index contributed by atoms with van der Waals surface area (Å²) in [4.78, 5) is 47.7. The van der Waals surface area contributed by atoms with Gasteiger partial charge in [-0.3, -0.25) is 9.69 Å². The first-order chi connectivity index (χ1) is 23.5. The molecule has 0 aliphatic carbocycles. The molecular weight excluding hydrogens is 665 g/mol. The molecule has 0 spiro atoms. The average molecular weight is 707 g/mol. The number of urea groups is 1. The van der Waals surface area contributed by atoms with Gasteiger partial charge in [0, 0.05) is 70.0 Å². The Morgan fingerprint density at radius 2 is 1.63 bits per heavy atom. The largest absolute Gasteiger partial charge is 0.506 e. The van der Waals surface area contributed by atoms with Crippen LogP contribution in [0.15, 0.2) is 36.4 Å². The maximum absolute atomic E-state index is 13.9. The van der Waals surface area contributed by atoms with E-state index in [9.17, 15) is 32.7 Å². The average Bonchev–Trinajstić information content (AvgIpc) is 3.27. The summed E-state index contributed by atoms with van der Waals surface area (Å²) in [6.45, 7) is 5.04. The van der Waals surface area contributed by atoms with Crippen molar-refractivity contribution in [3.8, 4) is 5.75 Å². The van der Waals surface area contributed by atoms with Gasteiger partial charge in [0.1, 0.15) is 5.75 Å². The Morgan fingerprint density at radius 1 is 0.939 bits per heavy atom. The zero-order valence-corrected chi connectivity index (χ0v) is 27.9. The summed E-state index contributed by atoms with van der Waals surface area (Å²) in [7, 11) is 0. The SMILES string of the molecule is O=C(O[C@H](Cc1cc(Cl)c(O)c(C(F)(F)F)c1)C(=O)N1CCN(C2CCNCC2)CC1)N1CCC(N2CCc3ccccc3NC2=O)CC1. The molecule has 3 fully saturated rings. The van der Waals surface area contributed by atoms with Crippen LogP contribution in [0.1, 0.15) is 42.4 Å². The highest BCUT2D eigenvalue weighted by Gasteiger charge is 2.38. The summed E-state index contributed by atoms with van der Waals surface area (Å²) in [5.74, 6) is -1.59. The van der Waals surface area contributed by atoms with Crippen LogP contribution in [0.4, 0.5) is 28.4 Å². The number of amides is 4. The van der Waals surface area contributed by atoms with Gasteiger partial charge in [-0.1, -0.05) is 29.8 Å². The Bertz CT molecular complexity index is 1520. The van der Waals surface area contributed by atoms with Crippen molar-refractivity contribution in [2.24, 2.45) is 0 Å². The number of nitrogens with zero attached hydrogens (tertiary/aromatic N) is 4. The molecule has 0 unspecified atom stereocenters. The van der Waals surface area contributed by atoms with Gasteiger partial charge in [0.05, 0.1) is 10.6 Å². The van der Waals surface area contributed by atoms with Gasteiger partial charge in [-0.25, -0.2) is 9.59 Å². The monoisotopic (exact) mass is 706 g/mol. The molecule has 4 heterocycles. The number of nitrogens with one attached hydrogen (secondary N) is 2. The molecule has 4 amide bonds. The normalized spacial score (nSPS) is 20.7. The van der Waals surface area contributed by atoms with Crippen molar-refractivity contribution < 1.29 is 37.4 Å². The molecule has 11 nitrogen and oxygen atoms in total. The number of para-hydroxylation sites is 1. The van der Waals surface area contributed by atoms with Crippen molar-refractivity contribution in [3.05, 3.63) is 58.1 Å². The summed E-state index contributed by atoms with van der Waals surface area (Å²) < 4.78 is 46.9. The quantitative estimate of drug-likeness (QED) is 0.403. The Hall–Kier alpha value is -3.75. The number of piperidine rings is 2. The van der Waals surface area contributed by atoms with Crippen LogP contribution in [-0.4, -0.2) is 120 Å². The highest BCUT2D eigenvalue weighted by atomic mass is 35.5. The zero-order chi connectivity index (χ0) is 34.7. The van der Waals surface area contributed by atoms with Crippen molar-refractivity contribution in [1.29, 1.82) is 0 Å². The number of benzene rings is 2. The van der Waals surface area contributed by atoms with Crippen molar-refractivity contribution in [1.82, 2.24) is 24.9 Å². The second-order valence-electron chi connectivity index (χ2n) is 13.1. The minimum absolute atomic E-state index is 0.00139. The number of rotatable bonds is 6. The van der Waals surface area contributed by atoms with E-state index >= 15 is 0 Å². The van der Waals surface area contributed by atoms with Crippen molar-refractivity contribution >= 4 is 35.3 Å². The lowest BCUT2D eigenvalue weighted by Crippen LogP contribution is -2.56. The van der Waals surface area contributed by atoms with E-state index in [0.29, 0.717) is 58.0 Å². The molecule has 0 saturated carbocycles. The number of anilines is 1. The highest BCUT2D eigenvalue weighted by molar-refractivity contribution is 6.32. The first-order valence-electron chi connectivity index (χ1n) is 16.9.